The quantitative estimate of drug-likeness (QED) is 0.604. The van der Waals surface area contributed by atoms with Gasteiger partial charge in [0.25, 0.3) is 0 Å². The van der Waals surface area contributed by atoms with Crippen LogP contribution in [0.1, 0.15) is 37.0 Å². The maximum Gasteiger partial charge on any atom is 0.235 e. The molecule has 2 rings (SSSR count). The second-order valence-corrected chi connectivity index (χ2v) is 4.00. The Hall–Kier alpha value is -1.44. The lowest BCUT2D eigenvalue weighted by atomic mass is 9.96. The lowest BCUT2D eigenvalue weighted by molar-refractivity contribution is 0.197. The smallest absolute Gasteiger partial charge is 0.235 e. The molecule has 1 atom stereocenters. The van der Waals surface area contributed by atoms with Crippen molar-refractivity contribution in [2.24, 2.45) is 4.99 Å². The lowest BCUT2D eigenvalue weighted by Gasteiger charge is -2.15. The van der Waals surface area contributed by atoms with Crippen LogP contribution in [0.5, 0.6) is 0 Å². The SMILES string of the molecule is CC(O)c1ccccc1C1(N=C=O)CC1. The fraction of sp³-hybridized carbons (Fsp3) is 0.417. The average molecular weight is 203 g/mol. The molecule has 0 saturated heterocycles. The summed E-state index contributed by atoms with van der Waals surface area (Å²) in [6.45, 7) is 1.72. The predicted octanol–water partition coefficient (Wildman–Crippen LogP) is 2.06. The zero-order valence-corrected chi connectivity index (χ0v) is 8.60. The van der Waals surface area contributed by atoms with Crippen molar-refractivity contribution in [1.82, 2.24) is 0 Å². The molecular formula is C12H13NO2. The van der Waals surface area contributed by atoms with Crippen molar-refractivity contribution in [3.63, 3.8) is 0 Å². The molecule has 1 aromatic rings. The van der Waals surface area contributed by atoms with Crippen molar-refractivity contribution in [1.29, 1.82) is 0 Å². The summed E-state index contributed by atoms with van der Waals surface area (Å²) in [4.78, 5) is 14.2. The van der Waals surface area contributed by atoms with Crippen molar-refractivity contribution < 1.29 is 9.90 Å². The van der Waals surface area contributed by atoms with Gasteiger partial charge in [-0.3, -0.25) is 0 Å². The molecule has 0 aliphatic heterocycles. The van der Waals surface area contributed by atoms with E-state index >= 15 is 0 Å². The van der Waals surface area contributed by atoms with Gasteiger partial charge in [0, 0.05) is 0 Å². The lowest BCUT2D eigenvalue weighted by Crippen LogP contribution is -2.08. The minimum absolute atomic E-state index is 0.394. The molecule has 0 bridgehead atoms. The number of isocyanates is 1. The fourth-order valence-electron chi connectivity index (χ4n) is 1.93. The van der Waals surface area contributed by atoms with E-state index in [0.29, 0.717) is 0 Å². The molecule has 1 unspecified atom stereocenters. The van der Waals surface area contributed by atoms with Gasteiger partial charge < -0.3 is 5.11 Å². The van der Waals surface area contributed by atoms with Crippen molar-refractivity contribution in [2.75, 3.05) is 0 Å². The van der Waals surface area contributed by atoms with E-state index in [-0.39, 0.29) is 0 Å². The maximum atomic E-state index is 10.4. The van der Waals surface area contributed by atoms with Crippen molar-refractivity contribution in [3.05, 3.63) is 35.4 Å². The van der Waals surface area contributed by atoms with E-state index in [1.54, 1.807) is 13.0 Å². The molecule has 1 aliphatic rings. The summed E-state index contributed by atoms with van der Waals surface area (Å²) in [5, 5.41) is 9.62. The van der Waals surface area contributed by atoms with E-state index in [0.717, 1.165) is 24.0 Å². The summed E-state index contributed by atoms with van der Waals surface area (Å²) < 4.78 is 0. The number of nitrogens with zero attached hydrogens (tertiary/aromatic N) is 1. The molecule has 0 aromatic heterocycles. The van der Waals surface area contributed by atoms with Gasteiger partial charge in [-0.2, -0.15) is 4.99 Å². The van der Waals surface area contributed by atoms with Crippen LogP contribution in [0.3, 0.4) is 0 Å². The van der Waals surface area contributed by atoms with Crippen LogP contribution in [-0.4, -0.2) is 11.2 Å². The molecule has 1 fully saturated rings. The first-order chi connectivity index (χ1) is 7.19. The van der Waals surface area contributed by atoms with Crippen LogP contribution in [0.25, 0.3) is 0 Å². The first-order valence-corrected chi connectivity index (χ1v) is 5.06. The van der Waals surface area contributed by atoms with Crippen LogP contribution in [-0.2, 0) is 10.3 Å². The monoisotopic (exact) mass is 203 g/mol. The van der Waals surface area contributed by atoms with E-state index in [9.17, 15) is 9.90 Å². The van der Waals surface area contributed by atoms with Gasteiger partial charge in [0.1, 0.15) is 0 Å². The molecule has 3 nitrogen and oxygen atoms in total. The molecular weight excluding hydrogens is 190 g/mol. The summed E-state index contributed by atoms with van der Waals surface area (Å²) in [6.07, 6.45) is 2.84. The van der Waals surface area contributed by atoms with Crippen LogP contribution in [0, 0.1) is 0 Å². The highest BCUT2D eigenvalue weighted by atomic mass is 16.3. The second-order valence-electron chi connectivity index (χ2n) is 4.00. The minimum atomic E-state index is -0.527. The van der Waals surface area contributed by atoms with Crippen LogP contribution >= 0.6 is 0 Å². The van der Waals surface area contributed by atoms with E-state index in [1.807, 2.05) is 24.3 Å². The molecule has 1 N–H and O–H groups in total. The van der Waals surface area contributed by atoms with Gasteiger partial charge in [-0.25, -0.2) is 4.79 Å². The van der Waals surface area contributed by atoms with E-state index in [2.05, 4.69) is 4.99 Å². The number of aliphatic imine (C=N–C) groups is 1. The number of aliphatic hydroxyl groups is 1. The average Bonchev–Trinajstić information content (AvgIpc) is 2.99. The van der Waals surface area contributed by atoms with E-state index in [4.69, 9.17) is 0 Å². The van der Waals surface area contributed by atoms with Crippen molar-refractivity contribution in [3.8, 4) is 0 Å². The largest absolute Gasteiger partial charge is 0.389 e. The number of hydrogen-bond acceptors (Lipinski definition) is 3. The minimum Gasteiger partial charge on any atom is -0.389 e. The Bertz CT molecular complexity index is 415. The highest BCUT2D eigenvalue weighted by Crippen LogP contribution is 2.51. The van der Waals surface area contributed by atoms with E-state index < -0.39 is 11.6 Å². The molecule has 3 heteroatoms. The Kier molecular flexibility index (Phi) is 2.43. The third-order valence-electron chi connectivity index (χ3n) is 2.90. The summed E-state index contributed by atoms with van der Waals surface area (Å²) >= 11 is 0. The van der Waals surface area contributed by atoms with Gasteiger partial charge in [0.05, 0.1) is 11.6 Å². The van der Waals surface area contributed by atoms with Gasteiger partial charge in [-0.15, -0.1) is 0 Å². The number of benzene rings is 1. The standard InChI is InChI=1S/C12H13NO2/c1-9(15)10-4-2-3-5-11(10)12(6-7-12)13-8-14/h2-5,9,15H,6-7H2,1H3. The number of aliphatic hydroxyl groups excluding tert-OH is 1. The van der Waals surface area contributed by atoms with Crippen LogP contribution in [0.15, 0.2) is 29.3 Å². The zero-order valence-electron chi connectivity index (χ0n) is 8.60. The Morgan fingerprint density at radius 1 is 1.47 bits per heavy atom. The molecule has 0 amide bonds. The van der Waals surface area contributed by atoms with Crippen LogP contribution in [0.2, 0.25) is 0 Å². The normalized spacial score (nSPS) is 19.1. The first-order valence-electron chi connectivity index (χ1n) is 5.06. The Morgan fingerprint density at radius 3 is 2.67 bits per heavy atom. The van der Waals surface area contributed by atoms with Gasteiger partial charge in [0.2, 0.25) is 6.08 Å². The Balaban J connectivity index is 2.48. The molecule has 0 radical (unpaired) electrons. The van der Waals surface area contributed by atoms with Gasteiger partial charge in [-0.05, 0) is 30.9 Å². The van der Waals surface area contributed by atoms with Gasteiger partial charge in [-0.1, -0.05) is 24.3 Å². The summed E-state index contributed by atoms with van der Waals surface area (Å²) in [6, 6.07) is 7.59. The highest BCUT2D eigenvalue weighted by Gasteiger charge is 2.46. The zero-order chi connectivity index (χ0) is 10.9. The van der Waals surface area contributed by atoms with Crippen LogP contribution < -0.4 is 0 Å². The van der Waals surface area contributed by atoms with Crippen molar-refractivity contribution in [2.45, 2.75) is 31.4 Å². The third-order valence-corrected chi connectivity index (χ3v) is 2.90. The summed E-state index contributed by atoms with van der Waals surface area (Å²) in [5.41, 5.74) is 1.42. The molecule has 0 spiro atoms. The van der Waals surface area contributed by atoms with Gasteiger partial charge in [0.15, 0.2) is 0 Å². The third kappa shape index (κ3) is 1.72. The first kappa shape index (κ1) is 10.1. The molecule has 1 saturated carbocycles. The number of rotatable bonds is 3. The summed E-state index contributed by atoms with van der Waals surface area (Å²) in [5.74, 6) is 0. The molecule has 78 valence electrons. The van der Waals surface area contributed by atoms with Crippen molar-refractivity contribution >= 4 is 6.08 Å². The van der Waals surface area contributed by atoms with E-state index in [1.165, 1.54) is 0 Å². The molecule has 15 heavy (non-hydrogen) atoms. The fourth-order valence-corrected chi connectivity index (χ4v) is 1.93. The predicted molar refractivity (Wildman–Crippen MR) is 56.1 cm³/mol. The maximum absolute atomic E-state index is 10.4. The molecule has 1 aliphatic carbocycles. The summed E-state index contributed by atoms with van der Waals surface area (Å²) in [7, 11) is 0. The second kappa shape index (κ2) is 3.61. The molecule has 1 aromatic carbocycles. The Morgan fingerprint density at radius 2 is 2.13 bits per heavy atom. The van der Waals surface area contributed by atoms with Crippen LogP contribution in [0.4, 0.5) is 0 Å². The number of hydrogen-bond donors (Lipinski definition) is 1. The number of carbonyl (C=O) groups excluding carboxylic acids is 1. The topological polar surface area (TPSA) is 49.7 Å². The Labute approximate surface area is 88.5 Å². The van der Waals surface area contributed by atoms with Gasteiger partial charge >= 0.3 is 0 Å². The molecule has 0 heterocycles. The highest BCUT2D eigenvalue weighted by molar-refractivity contribution is 5.44.